The highest BCUT2D eigenvalue weighted by atomic mass is 19.1. The molecule has 5 heteroatoms. The lowest BCUT2D eigenvalue weighted by Crippen LogP contribution is -2.23. The van der Waals surface area contributed by atoms with Gasteiger partial charge in [0.2, 0.25) is 5.67 Å². The molecule has 25 heavy (non-hydrogen) atoms. The van der Waals surface area contributed by atoms with Gasteiger partial charge in [0.1, 0.15) is 11.9 Å². The second-order valence-electron chi connectivity index (χ2n) is 5.62. The fourth-order valence-corrected chi connectivity index (χ4v) is 2.85. The van der Waals surface area contributed by atoms with Gasteiger partial charge in [-0.3, -0.25) is 0 Å². The number of nitriles is 1. The molecule has 4 rings (SSSR count). The first kappa shape index (κ1) is 15.0. The van der Waals surface area contributed by atoms with Crippen LogP contribution in [0.5, 0.6) is 0 Å². The molecule has 2 aromatic carbocycles. The Kier molecular flexibility index (Phi) is 3.51. The molecule has 0 fully saturated rings. The molecule has 0 amide bonds. The number of para-hydroxylation sites is 1. The third-order valence-electron chi connectivity index (χ3n) is 4.14. The van der Waals surface area contributed by atoms with Crippen molar-refractivity contribution in [3.8, 4) is 6.07 Å². The molecular weight excluding hydrogens is 317 g/mol. The summed E-state index contributed by atoms with van der Waals surface area (Å²) < 4.78 is 22.2. The van der Waals surface area contributed by atoms with Gasteiger partial charge in [-0.15, -0.1) is 0 Å². The van der Waals surface area contributed by atoms with E-state index in [4.69, 9.17) is 9.68 Å². The van der Waals surface area contributed by atoms with Crippen molar-refractivity contribution in [1.29, 1.82) is 5.26 Å². The Labute approximate surface area is 143 Å². The molecule has 4 aromatic rings. The van der Waals surface area contributed by atoms with Gasteiger partial charge in [0.15, 0.2) is 5.76 Å². The van der Waals surface area contributed by atoms with E-state index in [-0.39, 0.29) is 11.3 Å². The Morgan fingerprint density at radius 2 is 1.68 bits per heavy atom. The maximum atomic E-state index is 16.4. The third kappa shape index (κ3) is 2.45. The summed E-state index contributed by atoms with van der Waals surface area (Å²) in [6.45, 7) is 0. The van der Waals surface area contributed by atoms with Crippen LogP contribution in [0.15, 0.2) is 77.7 Å². The highest BCUT2D eigenvalue weighted by Crippen LogP contribution is 2.42. The van der Waals surface area contributed by atoms with E-state index < -0.39 is 5.67 Å². The summed E-state index contributed by atoms with van der Waals surface area (Å²) in [6, 6.07) is 17.4. The lowest BCUT2D eigenvalue weighted by atomic mass is 9.87. The molecule has 0 spiro atoms. The minimum absolute atomic E-state index is 0.146. The van der Waals surface area contributed by atoms with E-state index in [0.717, 1.165) is 5.39 Å². The van der Waals surface area contributed by atoms with Gasteiger partial charge in [-0.25, -0.2) is 14.4 Å². The average Bonchev–Trinajstić information content (AvgIpc) is 3.13. The molecule has 0 N–H and O–H groups in total. The van der Waals surface area contributed by atoms with E-state index >= 15 is 4.39 Å². The number of hydrogen-bond donors (Lipinski definition) is 0. The molecule has 0 aliphatic rings. The van der Waals surface area contributed by atoms with Crippen molar-refractivity contribution in [2.24, 2.45) is 0 Å². The largest absolute Gasteiger partial charge is 0.457 e. The fourth-order valence-electron chi connectivity index (χ4n) is 2.85. The summed E-state index contributed by atoms with van der Waals surface area (Å²) in [4.78, 5) is 7.89. The van der Waals surface area contributed by atoms with Gasteiger partial charge in [0, 0.05) is 28.9 Å². The SMILES string of the molecule is N#Cc1ccc(C(F)(c2cncnc2)c2cc3ccccc3o2)cc1. The van der Waals surface area contributed by atoms with Crippen LogP contribution in [0.2, 0.25) is 0 Å². The van der Waals surface area contributed by atoms with Gasteiger partial charge in [-0.05, 0) is 24.3 Å². The summed E-state index contributed by atoms with van der Waals surface area (Å²) in [5.74, 6) is 0.146. The minimum atomic E-state index is -2.06. The van der Waals surface area contributed by atoms with Crippen molar-refractivity contribution >= 4 is 11.0 Å². The Hall–Kier alpha value is -3.52. The van der Waals surface area contributed by atoms with Crippen molar-refractivity contribution in [1.82, 2.24) is 9.97 Å². The molecule has 0 saturated carbocycles. The zero-order chi connectivity index (χ0) is 17.3. The Bertz CT molecular complexity index is 1030. The lowest BCUT2D eigenvalue weighted by molar-refractivity contribution is 0.235. The molecule has 0 radical (unpaired) electrons. The molecule has 0 saturated heterocycles. The van der Waals surface area contributed by atoms with Gasteiger partial charge in [-0.1, -0.05) is 30.3 Å². The zero-order valence-electron chi connectivity index (χ0n) is 13.1. The predicted molar refractivity (Wildman–Crippen MR) is 90.4 cm³/mol. The van der Waals surface area contributed by atoms with Crippen molar-refractivity contribution < 1.29 is 8.81 Å². The number of aromatic nitrogens is 2. The maximum absolute atomic E-state index is 16.4. The average molecular weight is 329 g/mol. The van der Waals surface area contributed by atoms with Gasteiger partial charge in [0.25, 0.3) is 0 Å². The second-order valence-corrected chi connectivity index (χ2v) is 5.62. The Balaban J connectivity index is 1.96. The fraction of sp³-hybridized carbons (Fsp3) is 0.0500. The molecule has 2 heterocycles. The summed E-state index contributed by atoms with van der Waals surface area (Å²) in [6.07, 6.45) is 4.21. The highest BCUT2D eigenvalue weighted by molar-refractivity contribution is 5.78. The van der Waals surface area contributed by atoms with E-state index in [1.54, 1.807) is 36.4 Å². The second kappa shape index (κ2) is 5.84. The van der Waals surface area contributed by atoms with Crippen LogP contribution in [0.3, 0.4) is 0 Å². The van der Waals surface area contributed by atoms with Crippen LogP contribution >= 0.6 is 0 Å². The number of hydrogen-bond acceptors (Lipinski definition) is 4. The smallest absolute Gasteiger partial charge is 0.221 e. The lowest BCUT2D eigenvalue weighted by Gasteiger charge is -2.23. The first-order valence-corrected chi connectivity index (χ1v) is 7.66. The molecule has 2 aromatic heterocycles. The van der Waals surface area contributed by atoms with Crippen LogP contribution in [0.4, 0.5) is 4.39 Å². The molecular formula is C20H12FN3O. The quantitative estimate of drug-likeness (QED) is 0.560. The number of rotatable bonds is 3. The molecule has 0 aliphatic carbocycles. The van der Waals surface area contributed by atoms with E-state index in [2.05, 4.69) is 9.97 Å². The molecule has 1 unspecified atom stereocenters. The summed E-state index contributed by atoms with van der Waals surface area (Å²) in [5.41, 5.74) is -0.391. The van der Waals surface area contributed by atoms with Gasteiger partial charge in [-0.2, -0.15) is 5.26 Å². The summed E-state index contributed by atoms with van der Waals surface area (Å²) in [5, 5.41) is 9.79. The minimum Gasteiger partial charge on any atom is -0.457 e. The number of nitrogens with zero attached hydrogens (tertiary/aromatic N) is 3. The van der Waals surface area contributed by atoms with Gasteiger partial charge in [0.05, 0.1) is 11.6 Å². The van der Waals surface area contributed by atoms with Crippen LogP contribution in [-0.4, -0.2) is 9.97 Å². The number of benzene rings is 2. The van der Waals surface area contributed by atoms with E-state index in [0.29, 0.717) is 16.7 Å². The standard InChI is InChI=1S/C20H12FN3O/c21-20(17-11-23-13-24-12-17,16-7-5-14(10-22)6-8-16)19-9-15-3-1-2-4-18(15)25-19/h1-9,11-13H. The van der Waals surface area contributed by atoms with Crippen molar-refractivity contribution in [3.05, 3.63) is 95.8 Å². The molecule has 4 nitrogen and oxygen atoms in total. The number of halogens is 1. The van der Waals surface area contributed by atoms with E-state index in [1.807, 2.05) is 24.3 Å². The van der Waals surface area contributed by atoms with Crippen LogP contribution in [0, 0.1) is 11.3 Å². The van der Waals surface area contributed by atoms with Crippen LogP contribution in [0.25, 0.3) is 11.0 Å². The monoisotopic (exact) mass is 329 g/mol. The molecule has 120 valence electrons. The Morgan fingerprint density at radius 3 is 2.36 bits per heavy atom. The van der Waals surface area contributed by atoms with Crippen LogP contribution < -0.4 is 0 Å². The van der Waals surface area contributed by atoms with Crippen molar-refractivity contribution in [2.45, 2.75) is 5.67 Å². The molecule has 1 atom stereocenters. The van der Waals surface area contributed by atoms with Gasteiger partial charge < -0.3 is 4.42 Å². The highest BCUT2D eigenvalue weighted by Gasteiger charge is 2.40. The maximum Gasteiger partial charge on any atom is 0.221 e. The topological polar surface area (TPSA) is 62.7 Å². The first-order chi connectivity index (χ1) is 12.2. The van der Waals surface area contributed by atoms with Gasteiger partial charge >= 0.3 is 0 Å². The van der Waals surface area contributed by atoms with Crippen molar-refractivity contribution in [2.75, 3.05) is 0 Å². The van der Waals surface area contributed by atoms with E-state index in [1.165, 1.54) is 18.7 Å². The Morgan fingerprint density at radius 1 is 0.960 bits per heavy atom. The van der Waals surface area contributed by atoms with Crippen LogP contribution in [-0.2, 0) is 5.67 Å². The number of furan rings is 1. The third-order valence-corrected chi connectivity index (χ3v) is 4.14. The zero-order valence-corrected chi connectivity index (χ0v) is 13.1. The summed E-state index contributed by atoms with van der Waals surface area (Å²) in [7, 11) is 0. The number of fused-ring (bicyclic) bond motifs is 1. The van der Waals surface area contributed by atoms with Crippen LogP contribution in [0.1, 0.15) is 22.5 Å². The molecule has 0 bridgehead atoms. The van der Waals surface area contributed by atoms with Crippen molar-refractivity contribution in [3.63, 3.8) is 0 Å². The van der Waals surface area contributed by atoms with E-state index in [9.17, 15) is 0 Å². The molecule has 0 aliphatic heterocycles. The normalized spacial score (nSPS) is 13.3. The first-order valence-electron chi connectivity index (χ1n) is 7.66. The summed E-state index contributed by atoms with van der Waals surface area (Å²) >= 11 is 0. The predicted octanol–water partition coefficient (Wildman–Crippen LogP) is 4.36. The number of alkyl halides is 1.